The standard InChI is InChI=1S/C12H21N3O/c1-4-5-10(8-16-3)15-12-7-6-11(13)9(2)14-12/h6-7,10H,4-5,8,13H2,1-3H3,(H,14,15). The third kappa shape index (κ3) is 3.70. The van der Waals surface area contributed by atoms with E-state index in [4.69, 9.17) is 10.5 Å². The van der Waals surface area contributed by atoms with Gasteiger partial charge in [-0.05, 0) is 25.5 Å². The van der Waals surface area contributed by atoms with E-state index in [1.807, 2.05) is 19.1 Å². The molecule has 0 aromatic carbocycles. The molecule has 0 saturated carbocycles. The molecule has 90 valence electrons. The monoisotopic (exact) mass is 223 g/mol. The Balaban J connectivity index is 2.65. The van der Waals surface area contributed by atoms with Crippen LogP contribution in [0.15, 0.2) is 12.1 Å². The highest BCUT2D eigenvalue weighted by molar-refractivity contribution is 5.49. The van der Waals surface area contributed by atoms with Crippen molar-refractivity contribution in [3.05, 3.63) is 17.8 Å². The third-order valence-corrected chi connectivity index (χ3v) is 2.48. The Morgan fingerprint density at radius 2 is 2.25 bits per heavy atom. The first-order valence-corrected chi connectivity index (χ1v) is 5.66. The van der Waals surface area contributed by atoms with Crippen LogP contribution in [0, 0.1) is 6.92 Å². The van der Waals surface area contributed by atoms with Crippen LogP contribution in [0.5, 0.6) is 0 Å². The van der Waals surface area contributed by atoms with Gasteiger partial charge in [0.25, 0.3) is 0 Å². The molecule has 3 N–H and O–H groups in total. The molecule has 4 nitrogen and oxygen atoms in total. The van der Waals surface area contributed by atoms with Gasteiger partial charge in [0.1, 0.15) is 5.82 Å². The molecule has 0 radical (unpaired) electrons. The highest BCUT2D eigenvalue weighted by atomic mass is 16.5. The van der Waals surface area contributed by atoms with Crippen LogP contribution in [-0.4, -0.2) is 24.7 Å². The van der Waals surface area contributed by atoms with Crippen LogP contribution in [0.4, 0.5) is 11.5 Å². The number of rotatable bonds is 6. The Bertz CT molecular complexity index is 322. The molecule has 0 aliphatic carbocycles. The predicted molar refractivity (Wildman–Crippen MR) is 67.6 cm³/mol. The number of nitrogens with two attached hydrogens (primary N) is 1. The second-order valence-corrected chi connectivity index (χ2v) is 3.96. The zero-order chi connectivity index (χ0) is 12.0. The van der Waals surface area contributed by atoms with Crippen molar-refractivity contribution in [3.63, 3.8) is 0 Å². The maximum Gasteiger partial charge on any atom is 0.126 e. The van der Waals surface area contributed by atoms with Crippen molar-refractivity contribution in [2.24, 2.45) is 0 Å². The minimum absolute atomic E-state index is 0.311. The van der Waals surface area contributed by atoms with Gasteiger partial charge >= 0.3 is 0 Å². The van der Waals surface area contributed by atoms with E-state index in [1.54, 1.807) is 7.11 Å². The number of hydrogen-bond acceptors (Lipinski definition) is 4. The van der Waals surface area contributed by atoms with Crippen LogP contribution in [0.3, 0.4) is 0 Å². The molecule has 1 rings (SSSR count). The molecule has 0 aliphatic heterocycles. The van der Waals surface area contributed by atoms with Gasteiger partial charge in [-0.3, -0.25) is 0 Å². The van der Waals surface area contributed by atoms with E-state index in [-0.39, 0.29) is 0 Å². The first-order chi connectivity index (χ1) is 7.67. The van der Waals surface area contributed by atoms with Gasteiger partial charge in [-0.15, -0.1) is 0 Å². The van der Waals surface area contributed by atoms with Crippen LogP contribution < -0.4 is 11.1 Å². The number of methoxy groups -OCH3 is 1. The largest absolute Gasteiger partial charge is 0.397 e. The fourth-order valence-corrected chi connectivity index (χ4v) is 1.61. The summed E-state index contributed by atoms with van der Waals surface area (Å²) in [6, 6.07) is 4.09. The fraction of sp³-hybridized carbons (Fsp3) is 0.583. The molecule has 16 heavy (non-hydrogen) atoms. The van der Waals surface area contributed by atoms with Crippen LogP contribution in [0.25, 0.3) is 0 Å². The third-order valence-electron chi connectivity index (χ3n) is 2.48. The summed E-state index contributed by atoms with van der Waals surface area (Å²) in [6.45, 7) is 4.76. The molecule has 1 heterocycles. The Hall–Kier alpha value is -1.29. The highest BCUT2D eigenvalue weighted by Crippen LogP contribution is 2.14. The van der Waals surface area contributed by atoms with Gasteiger partial charge in [0.2, 0.25) is 0 Å². The van der Waals surface area contributed by atoms with Gasteiger partial charge in [-0.2, -0.15) is 0 Å². The summed E-state index contributed by atoms with van der Waals surface area (Å²) in [5, 5.41) is 3.36. The Labute approximate surface area is 97.2 Å². The van der Waals surface area contributed by atoms with Crippen molar-refractivity contribution < 1.29 is 4.74 Å². The molecule has 0 amide bonds. The van der Waals surface area contributed by atoms with Crippen molar-refractivity contribution in [1.29, 1.82) is 0 Å². The van der Waals surface area contributed by atoms with Gasteiger partial charge in [0.15, 0.2) is 0 Å². The maximum absolute atomic E-state index is 5.72. The molecule has 1 unspecified atom stereocenters. The van der Waals surface area contributed by atoms with Gasteiger partial charge in [-0.25, -0.2) is 4.98 Å². The lowest BCUT2D eigenvalue weighted by atomic mass is 10.2. The van der Waals surface area contributed by atoms with E-state index in [0.29, 0.717) is 12.6 Å². The highest BCUT2D eigenvalue weighted by Gasteiger charge is 2.08. The molecular weight excluding hydrogens is 202 g/mol. The summed E-state index contributed by atoms with van der Waals surface area (Å²) in [5.74, 6) is 0.863. The van der Waals surface area contributed by atoms with Crippen molar-refractivity contribution in [1.82, 2.24) is 4.98 Å². The van der Waals surface area contributed by atoms with Crippen LogP contribution in [0.2, 0.25) is 0 Å². The molecule has 0 spiro atoms. The molecule has 0 fully saturated rings. The number of hydrogen-bond donors (Lipinski definition) is 2. The first-order valence-electron chi connectivity index (χ1n) is 5.66. The zero-order valence-corrected chi connectivity index (χ0v) is 10.3. The van der Waals surface area contributed by atoms with Crippen molar-refractivity contribution in [2.75, 3.05) is 24.8 Å². The Morgan fingerprint density at radius 1 is 1.50 bits per heavy atom. The van der Waals surface area contributed by atoms with E-state index in [1.165, 1.54) is 0 Å². The van der Waals surface area contributed by atoms with Gasteiger partial charge in [-0.1, -0.05) is 13.3 Å². The summed E-state index contributed by atoms with van der Waals surface area (Å²) in [4.78, 5) is 4.39. The molecule has 4 heteroatoms. The summed E-state index contributed by atoms with van der Waals surface area (Å²) >= 11 is 0. The smallest absolute Gasteiger partial charge is 0.126 e. The Kier molecular flexibility index (Phi) is 5.05. The number of aryl methyl sites for hydroxylation is 1. The average molecular weight is 223 g/mol. The van der Waals surface area contributed by atoms with Crippen LogP contribution in [-0.2, 0) is 4.74 Å². The number of aromatic nitrogens is 1. The molecule has 0 saturated heterocycles. The second kappa shape index (κ2) is 6.33. The number of nitrogens with zero attached hydrogens (tertiary/aromatic N) is 1. The number of pyridine rings is 1. The van der Waals surface area contributed by atoms with Crippen molar-refractivity contribution in [2.45, 2.75) is 32.7 Å². The molecule has 1 aromatic rings. The summed E-state index contributed by atoms with van der Waals surface area (Å²) in [6.07, 6.45) is 2.19. The minimum Gasteiger partial charge on any atom is -0.397 e. The number of ether oxygens (including phenoxy) is 1. The number of anilines is 2. The average Bonchev–Trinajstić information content (AvgIpc) is 2.24. The lowest BCUT2D eigenvalue weighted by molar-refractivity contribution is 0.182. The van der Waals surface area contributed by atoms with Crippen molar-refractivity contribution in [3.8, 4) is 0 Å². The van der Waals surface area contributed by atoms with Gasteiger partial charge < -0.3 is 15.8 Å². The van der Waals surface area contributed by atoms with Crippen LogP contribution >= 0.6 is 0 Å². The topological polar surface area (TPSA) is 60.2 Å². The van der Waals surface area contributed by atoms with Gasteiger partial charge in [0, 0.05) is 7.11 Å². The predicted octanol–water partition coefficient (Wildman–Crippen LogP) is 2.20. The van der Waals surface area contributed by atoms with E-state index in [9.17, 15) is 0 Å². The zero-order valence-electron chi connectivity index (χ0n) is 10.3. The molecule has 0 bridgehead atoms. The molecule has 1 atom stereocenters. The van der Waals surface area contributed by atoms with E-state index >= 15 is 0 Å². The lowest BCUT2D eigenvalue weighted by Crippen LogP contribution is -2.25. The normalized spacial score (nSPS) is 12.4. The summed E-state index contributed by atoms with van der Waals surface area (Å²) < 4.78 is 5.17. The molecule has 1 aromatic heterocycles. The maximum atomic E-state index is 5.72. The first kappa shape index (κ1) is 12.8. The summed E-state index contributed by atoms with van der Waals surface area (Å²) in [7, 11) is 1.71. The van der Waals surface area contributed by atoms with Crippen molar-refractivity contribution >= 4 is 11.5 Å². The quantitative estimate of drug-likeness (QED) is 0.776. The van der Waals surface area contributed by atoms with Crippen LogP contribution in [0.1, 0.15) is 25.5 Å². The minimum atomic E-state index is 0.311. The number of nitrogen functional groups attached to an aromatic ring is 1. The number of nitrogens with one attached hydrogen (secondary N) is 1. The second-order valence-electron chi connectivity index (χ2n) is 3.96. The fourth-order valence-electron chi connectivity index (χ4n) is 1.61. The van der Waals surface area contributed by atoms with Gasteiger partial charge in [0.05, 0.1) is 24.0 Å². The Morgan fingerprint density at radius 3 is 2.81 bits per heavy atom. The lowest BCUT2D eigenvalue weighted by Gasteiger charge is -2.18. The SMILES string of the molecule is CCCC(COC)Nc1ccc(N)c(C)n1. The molecular formula is C12H21N3O. The summed E-state index contributed by atoms with van der Waals surface area (Å²) in [5.41, 5.74) is 7.31. The molecule has 0 aliphatic rings. The van der Waals surface area contributed by atoms with E-state index in [2.05, 4.69) is 17.2 Å². The van der Waals surface area contributed by atoms with E-state index < -0.39 is 0 Å². The van der Waals surface area contributed by atoms with E-state index in [0.717, 1.165) is 30.0 Å².